The Balaban J connectivity index is 1.72. The summed E-state index contributed by atoms with van der Waals surface area (Å²) in [6, 6.07) is 5.90. The topological polar surface area (TPSA) is 85.8 Å². The summed E-state index contributed by atoms with van der Waals surface area (Å²) in [5.41, 5.74) is 2.45. The molecule has 3 aromatic rings. The van der Waals surface area contributed by atoms with Gasteiger partial charge in [-0.15, -0.1) is 5.10 Å². The summed E-state index contributed by atoms with van der Waals surface area (Å²) in [6.07, 6.45) is 3.92. The fourth-order valence-electron chi connectivity index (χ4n) is 2.13. The second-order valence-electron chi connectivity index (χ2n) is 4.66. The normalized spacial score (nSPS) is 10.9. The van der Waals surface area contributed by atoms with Crippen LogP contribution in [0.2, 0.25) is 0 Å². The van der Waals surface area contributed by atoms with Crippen molar-refractivity contribution in [2.24, 2.45) is 0 Å². The fourth-order valence-corrected chi connectivity index (χ4v) is 2.13. The quantitative estimate of drug-likeness (QED) is 0.766. The van der Waals surface area contributed by atoms with Crippen molar-refractivity contribution < 1.29 is 9.21 Å². The van der Waals surface area contributed by atoms with Crippen molar-refractivity contribution in [3.8, 4) is 0 Å². The number of nitrogens with one attached hydrogen (secondary N) is 1. The highest BCUT2D eigenvalue weighted by atomic mass is 16.3. The van der Waals surface area contributed by atoms with Crippen molar-refractivity contribution >= 4 is 16.9 Å². The van der Waals surface area contributed by atoms with Gasteiger partial charge in [-0.1, -0.05) is 13.0 Å². The van der Waals surface area contributed by atoms with Gasteiger partial charge in [0.25, 0.3) is 5.91 Å². The summed E-state index contributed by atoms with van der Waals surface area (Å²) in [4.78, 5) is 12.2. The van der Waals surface area contributed by atoms with E-state index in [2.05, 4.69) is 27.8 Å². The molecular formula is C14H15N5O2. The molecule has 7 nitrogen and oxygen atoms in total. The standard InChI is InChI=1S/C14H15N5O2/c1-2-10-3-4-13-11(7-10)12(8-21-13)14(20)15-5-6-19-9-16-17-18-19/h3-4,7-9H,2,5-6H2,1H3,(H,15,20). The van der Waals surface area contributed by atoms with E-state index in [4.69, 9.17) is 4.42 Å². The molecule has 3 rings (SSSR count). The second kappa shape index (κ2) is 5.74. The molecule has 7 heteroatoms. The molecular weight excluding hydrogens is 270 g/mol. The van der Waals surface area contributed by atoms with E-state index in [0.29, 0.717) is 18.7 Å². The lowest BCUT2D eigenvalue weighted by atomic mass is 10.1. The minimum absolute atomic E-state index is 0.157. The lowest BCUT2D eigenvalue weighted by Gasteiger charge is -2.03. The van der Waals surface area contributed by atoms with Gasteiger partial charge in [0.1, 0.15) is 18.2 Å². The molecule has 0 atom stereocenters. The van der Waals surface area contributed by atoms with Gasteiger partial charge in [0.15, 0.2) is 0 Å². The van der Waals surface area contributed by atoms with Crippen LogP contribution in [0.25, 0.3) is 11.0 Å². The maximum Gasteiger partial charge on any atom is 0.255 e. The molecule has 0 saturated heterocycles. The minimum atomic E-state index is -0.157. The van der Waals surface area contributed by atoms with Crippen molar-refractivity contribution in [2.45, 2.75) is 19.9 Å². The molecule has 1 aromatic carbocycles. The number of furan rings is 1. The lowest BCUT2D eigenvalue weighted by Crippen LogP contribution is -2.27. The van der Waals surface area contributed by atoms with E-state index in [1.165, 1.54) is 18.2 Å². The van der Waals surface area contributed by atoms with Crippen LogP contribution in [0, 0.1) is 0 Å². The second-order valence-corrected chi connectivity index (χ2v) is 4.66. The van der Waals surface area contributed by atoms with Gasteiger partial charge in [-0.3, -0.25) is 4.79 Å². The zero-order valence-corrected chi connectivity index (χ0v) is 11.6. The summed E-state index contributed by atoms with van der Waals surface area (Å²) in [6.45, 7) is 3.05. The summed E-state index contributed by atoms with van der Waals surface area (Å²) in [5.74, 6) is -0.157. The van der Waals surface area contributed by atoms with Crippen LogP contribution in [0.4, 0.5) is 0 Å². The Morgan fingerprint density at radius 2 is 2.33 bits per heavy atom. The number of aryl methyl sites for hydroxylation is 1. The first-order valence-corrected chi connectivity index (χ1v) is 6.77. The Labute approximate surface area is 120 Å². The molecule has 2 aromatic heterocycles. The third kappa shape index (κ3) is 2.76. The van der Waals surface area contributed by atoms with E-state index in [0.717, 1.165) is 17.4 Å². The maximum atomic E-state index is 12.2. The van der Waals surface area contributed by atoms with E-state index < -0.39 is 0 Å². The van der Waals surface area contributed by atoms with Gasteiger partial charge in [-0.2, -0.15) is 0 Å². The Morgan fingerprint density at radius 1 is 1.43 bits per heavy atom. The first kappa shape index (κ1) is 13.3. The Morgan fingerprint density at radius 3 is 3.10 bits per heavy atom. The summed E-state index contributed by atoms with van der Waals surface area (Å²) in [7, 11) is 0. The number of fused-ring (bicyclic) bond motifs is 1. The summed E-state index contributed by atoms with van der Waals surface area (Å²) >= 11 is 0. The monoisotopic (exact) mass is 285 g/mol. The number of benzene rings is 1. The number of carbonyl (C=O) groups is 1. The molecule has 21 heavy (non-hydrogen) atoms. The van der Waals surface area contributed by atoms with Crippen molar-refractivity contribution in [2.75, 3.05) is 6.54 Å². The number of hydrogen-bond acceptors (Lipinski definition) is 5. The van der Waals surface area contributed by atoms with E-state index in [9.17, 15) is 4.79 Å². The van der Waals surface area contributed by atoms with Gasteiger partial charge in [0.2, 0.25) is 0 Å². The Bertz CT molecular complexity index is 748. The molecule has 0 aliphatic heterocycles. The predicted octanol–water partition coefficient (Wildman–Crippen LogP) is 1.41. The molecule has 0 aliphatic carbocycles. The number of rotatable bonds is 5. The fraction of sp³-hybridized carbons (Fsp3) is 0.286. The number of nitrogens with zero attached hydrogens (tertiary/aromatic N) is 4. The molecule has 0 saturated carbocycles. The third-order valence-electron chi connectivity index (χ3n) is 3.31. The molecule has 0 radical (unpaired) electrons. The van der Waals surface area contributed by atoms with Crippen molar-refractivity contribution in [1.29, 1.82) is 0 Å². The van der Waals surface area contributed by atoms with Gasteiger partial charge in [-0.05, 0) is 34.5 Å². The minimum Gasteiger partial charge on any atom is -0.463 e. The summed E-state index contributed by atoms with van der Waals surface area (Å²) < 4.78 is 6.98. The molecule has 0 bridgehead atoms. The van der Waals surface area contributed by atoms with E-state index in [-0.39, 0.29) is 5.91 Å². The van der Waals surface area contributed by atoms with Crippen molar-refractivity contribution in [3.05, 3.63) is 41.9 Å². The van der Waals surface area contributed by atoms with Crippen LogP contribution in [-0.2, 0) is 13.0 Å². The van der Waals surface area contributed by atoms with Crippen LogP contribution in [0.3, 0.4) is 0 Å². The molecule has 0 spiro atoms. The Hall–Kier alpha value is -2.70. The SMILES string of the molecule is CCc1ccc2occ(C(=O)NCCn3cnnn3)c2c1. The number of aromatic nitrogens is 4. The first-order valence-electron chi connectivity index (χ1n) is 6.77. The van der Waals surface area contributed by atoms with Crippen LogP contribution in [-0.4, -0.2) is 32.7 Å². The molecule has 0 unspecified atom stereocenters. The smallest absolute Gasteiger partial charge is 0.255 e. The first-order chi connectivity index (χ1) is 10.3. The van der Waals surface area contributed by atoms with E-state index in [1.54, 1.807) is 4.68 Å². The average Bonchev–Trinajstić information content (AvgIpc) is 3.15. The highest BCUT2D eigenvalue weighted by Gasteiger charge is 2.13. The molecule has 0 fully saturated rings. The molecule has 2 heterocycles. The number of amides is 1. The lowest BCUT2D eigenvalue weighted by molar-refractivity contribution is 0.0952. The zero-order valence-electron chi connectivity index (χ0n) is 11.6. The molecule has 108 valence electrons. The predicted molar refractivity (Wildman–Crippen MR) is 75.7 cm³/mol. The van der Waals surface area contributed by atoms with Crippen molar-refractivity contribution in [1.82, 2.24) is 25.5 Å². The largest absolute Gasteiger partial charge is 0.463 e. The molecule has 1 N–H and O–H groups in total. The summed E-state index contributed by atoms with van der Waals surface area (Å²) in [5, 5.41) is 14.5. The number of carbonyl (C=O) groups excluding carboxylic acids is 1. The van der Waals surface area contributed by atoms with Crippen LogP contribution in [0.1, 0.15) is 22.8 Å². The number of hydrogen-bond donors (Lipinski definition) is 1. The van der Waals surface area contributed by atoms with Crippen LogP contribution in [0.5, 0.6) is 0 Å². The van der Waals surface area contributed by atoms with Crippen LogP contribution >= 0.6 is 0 Å². The molecule has 1 amide bonds. The highest BCUT2D eigenvalue weighted by Crippen LogP contribution is 2.22. The highest BCUT2D eigenvalue weighted by molar-refractivity contribution is 6.06. The van der Waals surface area contributed by atoms with E-state index >= 15 is 0 Å². The van der Waals surface area contributed by atoms with Crippen LogP contribution in [0.15, 0.2) is 35.2 Å². The third-order valence-corrected chi connectivity index (χ3v) is 3.31. The van der Waals surface area contributed by atoms with E-state index in [1.807, 2.05) is 18.2 Å². The van der Waals surface area contributed by atoms with Crippen molar-refractivity contribution in [3.63, 3.8) is 0 Å². The number of tetrazole rings is 1. The van der Waals surface area contributed by atoms with Crippen LogP contribution < -0.4 is 5.32 Å². The zero-order chi connectivity index (χ0) is 14.7. The Kier molecular flexibility index (Phi) is 3.63. The van der Waals surface area contributed by atoms with Gasteiger partial charge < -0.3 is 9.73 Å². The van der Waals surface area contributed by atoms with Gasteiger partial charge >= 0.3 is 0 Å². The molecule has 0 aliphatic rings. The van der Waals surface area contributed by atoms with Gasteiger partial charge in [-0.25, -0.2) is 4.68 Å². The average molecular weight is 285 g/mol. The van der Waals surface area contributed by atoms with Gasteiger partial charge in [0, 0.05) is 11.9 Å². The van der Waals surface area contributed by atoms with Gasteiger partial charge in [0.05, 0.1) is 12.1 Å². The maximum absolute atomic E-state index is 12.2.